The molecular weight excluding hydrogens is 316 g/mol. The number of nitrogens with one attached hydrogen (secondary N) is 1. The van der Waals surface area contributed by atoms with Gasteiger partial charge in [0.05, 0.1) is 10.6 Å². The Hall–Kier alpha value is -0.850. The van der Waals surface area contributed by atoms with Crippen LogP contribution in [-0.4, -0.2) is 20.9 Å². The molecule has 0 aliphatic heterocycles. The lowest BCUT2D eigenvalue weighted by molar-refractivity contribution is 0.0949. The summed E-state index contributed by atoms with van der Waals surface area (Å²) in [7, 11) is 0.799. The molecule has 1 N–H and O–H groups in total. The molecule has 0 aliphatic carbocycles. The number of halogens is 3. The van der Waals surface area contributed by atoms with Crippen LogP contribution in [0.5, 0.6) is 0 Å². The standard InChI is InChI=1S/C11H12Cl2FNO3S/c1-6(2)5-15-11(16)7-3-10(19(13,17)18)9(14)4-8(7)12/h3-4,6H,5H2,1-2H3,(H,15,16). The van der Waals surface area contributed by atoms with Gasteiger partial charge in [0.1, 0.15) is 10.7 Å². The Morgan fingerprint density at radius 3 is 2.47 bits per heavy atom. The monoisotopic (exact) mass is 327 g/mol. The lowest BCUT2D eigenvalue weighted by Gasteiger charge is -2.10. The summed E-state index contributed by atoms with van der Waals surface area (Å²) < 4.78 is 35.7. The smallest absolute Gasteiger partial charge is 0.264 e. The van der Waals surface area contributed by atoms with Gasteiger partial charge >= 0.3 is 0 Å². The van der Waals surface area contributed by atoms with E-state index in [9.17, 15) is 17.6 Å². The van der Waals surface area contributed by atoms with Crippen molar-refractivity contribution in [1.82, 2.24) is 5.32 Å². The first-order valence-corrected chi connectivity index (χ1v) is 8.03. The van der Waals surface area contributed by atoms with E-state index < -0.39 is 25.7 Å². The highest BCUT2D eigenvalue weighted by Crippen LogP contribution is 2.26. The predicted octanol–water partition coefficient (Wildman–Crippen LogP) is 2.79. The number of hydrogen-bond acceptors (Lipinski definition) is 3. The van der Waals surface area contributed by atoms with Crippen molar-refractivity contribution in [2.45, 2.75) is 18.7 Å². The van der Waals surface area contributed by atoms with Gasteiger partial charge in [0.15, 0.2) is 0 Å². The Bertz CT molecular complexity index is 602. The van der Waals surface area contributed by atoms with Crippen LogP contribution in [0, 0.1) is 11.7 Å². The van der Waals surface area contributed by atoms with Crippen LogP contribution in [0.1, 0.15) is 24.2 Å². The number of rotatable bonds is 4. The van der Waals surface area contributed by atoms with Gasteiger partial charge in [0.25, 0.3) is 15.0 Å². The number of benzene rings is 1. The molecular formula is C11H12Cl2FNO3S. The fourth-order valence-corrected chi connectivity index (χ4v) is 2.42. The molecule has 4 nitrogen and oxygen atoms in total. The van der Waals surface area contributed by atoms with E-state index in [1.807, 2.05) is 13.8 Å². The van der Waals surface area contributed by atoms with E-state index in [-0.39, 0.29) is 16.5 Å². The largest absolute Gasteiger partial charge is 0.352 e. The maximum Gasteiger partial charge on any atom is 0.264 e. The van der Waals surface area contributed by atoms with Crippen LogP contribution < -0.4 is 5.32 Å². The summed E-state index contributed by atoms with van der Waals surface area (Å²) in [6.45, 7) is 4.16. The van der Waals surface area contributed by atoms with Crippen LogP contribution in [0.4, 0.5) is 4.39 Å². The first-order chi connectivity index (χ1) is 8.62. The van der Waals surface area contributed by atoms with Crippen molar-refractivity contribution < 1.29 is 17.6 Å². The van der Waals surface area contributed by atoms with Gasteiger partial charge in [0.2, 0.25) is 0 Å². The van der Waals surface area contributed by atoms with Crippen molar-refractivity contribution in [3.63, 3.8) is 0 Å². The molecule has 0 bridgehead atoms. The van der Waals surface area contributed by atoms with Crippen LogP contribution in [0.15, 0.2) is 17.0 Å². The maximum absolute atomic E-state index is 13.4. The van der Waals surface area contributed by atoms with Gasteiger partial charge in [-0.05, 0) is 18.1 Å². The zero-order valence-electron chi connectivity index (χ0n) is 10.2. The highest BCUT2D eigenvalue weighted by molar-refractivity contribution is 8.13. The first kappa shape index (κ1) is 16.2. The molecule has 1 aromatic rings. The summed E-state index contributed by atoms with van der Waals surface area (Å²) in [4.78, 5) is 11.0. The highest BCUT2D eigenvalue weighted by Gasteiger charge is 2.21. The number of carbonyl (C=O) groups excluding carboxylic acids is 1. The van der Waals surface area contributed by atoms with Gasteiger partial charge in [-0.1, -0.05) is 25.4 Å². The molecule has 0 aromatic heterocycles. The molecule has 0 atom stereocenters. The summed E-state index contributed by atoms with van der Waals surface area (Å²) in [6, 6.07) is 1.58. The highest BCUT2D eigenvalue weighted by atomic mass is 35.7. The third-order valence-corrected chi connectivity index (χ3v) is 3.85. The molecule has 0 unspecified atom stereocenters. The van der Waals surface area contributed by atoms with Crippen LogP contribution in [-0.2, 0) is 9.05 Å². The fraction of sp³-hybridized carbons (Fsp3) is 0.364. The molecule has 0 fully saturated rings. The zero-order chi connectivity index (χ0) is 14.8. The van der Waals surface area contributed by atoms with Crippen molar-refractivity contribution >= 4 is 37.2 Å². The predicted molar refractivity (Wildman–Crippen MR) is 71.6 cm³/mol. The summed E-state index contributed by atoms with van der Waals surface area (Å²) in [5.41, 5.74) is -0.136. The normalized spacial score (nSPS) is 11.7. The van der Waals surface area contributed by atoms with Crippen molar-refractivity contribution in [2.75, 3.05) is 6.54 Å². The van der Waals surface area contributed by atoms with Gasteiger partial charge in [-0.15, -0.1) is 0 Å². The maximum atomic E-state index is 13.4. The summed E-state index contributed by atoms with van der Waals surface area (Å²) in [5, 5.41) is 2.38. The second-order valence-corrected chi connectivity index (χ2v) is 7.25. The van der Waals surface area contributed by atoms with E-state index in [1.165, 1.54) is 0 Å². The minimum atomic E-state index is -4.28. The quantitative estimate of drug-likeness (QED) is 0.865. The Morgan fingerprint density at radius 2 is 2.00 bits per heavy atom. The zero-order valence-corrected chi connectivity index (χ0v) is 12.5. The van der Waals surface area contributed by atoms with Crippen molar-refractivity contribution in [3.8, 4) is 0 Å². The van der Waals surface area contributed by atoms with Crippen molar-refractivity contribution in [3.05, 3.63) is 28.5 Å². The molecule has 19 heavy (non-hydrogen) atoms. The van der Waals surface area contributed by atoms with E-state index in [0.717, 1.165) is 12.1 Å². The molecule has 0 saturated heterocycles. The Labute approximate surface area is 120 Å². The van der Waals surface area contributed by atoms with Gasteiger partial charge in [-0.3, -0.25) is 4.79 Å². The van der Waals surface area contributed by atoms with Crippen LogP contribution >= 0.6 is 22.3 Å². The van der Waals surface area contributed by atoms with Crippen molar-refractivity contribution in [2.24, 2.45) is 5.92 Å². The second-order valence-electron chi connectivity index (χ2n) is 4.30. The lowest BCUT2D eigenvalue weighted by Crippen LogP contribution is -2.27. The molecule has 1 amide bonds. The first-order valence-electron chi connectivity index (χ1n) is 5.35. The molecule has 1 rings (SSSR count). The molecule has 106 valence electrons. The second kappa shape index (κ2) is 6.07. The van der Waals surface area contributed by atoms with Gasteiger partial charge < -0.3 is 5.32 Å². The summed E-state index contributed by atoms with van der Waals surface area (Å²) >= 11 is 5.72. The van der Waals surface area contributed by atoms with Crippen molar-refractivity contribution in [1.29, 1.82) is 0 Å². The molecule has 0 aliphatic rings. The van der Waals surface area contributed by atoms with E-state index in [1.54, 1.807) is 0 Å². The molecule has 0 heterocycles. The average molecular weight is 328 g/mol. The van der Waals surface area contributed by atoms with Gasteiger partial charge in [-0.2, -0.15) is 0 Å². The van der Waals surface area contributed by atoms with E-state index in [4.69, 9.17) is 22.3 Å². The average Bonchev–Trinajstić information content (AvgIpc) is 2.24. The van der Waals surface area contributed by atoms with Crippen LogP contribution in [0.25, 0.3) is 0 Å². The molecule has 0 radical (unpaired) electrons. The number of amides is 1. The molecule has 8 heteroatoms. The van der Waals surface area contributed by atoms with Gasteiger partial charge in [-0.25, -0.2) is 12.8 Å². The number of hydrogen-bond donors (Lipinski definition) is 1. The van der Waals surface area contributed by atoms with Gasteiger partial charge in [0, 0.05) is 17.2 Å². The third kappa shape index (κ3) is 4.33. The molecule has 1 aromatic carbocycles. The van der Waals surface area contributed by atoms with E-state index in [2.05, 4.69) is 5.32 Å². The Kier molecular flexibility index (Phi) is 5.18. The van der Waals surface area contributed by atoms with Crippen LogP contribution in [0.3, 0.4) is 0 Å². The topological polar surface area (TPSA) is 63.2 Å². The number of carbonyl (C=O) groups is 1. The minimum Gasteiger partial charge on any atom is -0.352 e. The van der Waals surface area contributed by atoms with Crippen LogP contribution in [0.2, 0.25) is 5.02 Å². The summed E-state index contributed by atoms with van der Waals surface area (Å²) in [5.74, 6) is -1.47. The van der Waals surface area contributed by atoms with E-state index in [0.29, 0.717) is 6.54 Å². The minimum absolute atomic E-state index is 0.136. The third-order valence-electron chi connectivity index (χ3n) is 2.20. The fourth-order valence-electron chi connectivity index (χ4n) is 1.28. The molecule has 0 saturated carbocycles. The SMILES string of the molecule is CC(C)CNC(=O)c1cc(S(=O)(=O)Cl)c(F)cc1Cl. The molecule has 0 spiro atoms. The summed E-state index contributed by atoms with van der Waals surface area (Å²) in [6.07, 6.45) is 0. The van der Waals surface area contributed by atoms with E-state index >= 15 is 0 Å². The Balaban J connectivity index is 3.19. The Morgan fingerprint density at radius 1 is 1.42 bits per heavy atom. The lowest BCUT2D eigenvalue weighted by atomic mass is 10.2.